The highest BCUT2D eigenvalue weighted by Gasteiger charge is 2.02. The second kappa shape index (κ2) is 15.4. The van der Waals surface area contributed by atoms with Crippen LogP contribution in [0.2, 0.25) is 0 Å². The Labute approximate surface area is 130 Å². The molecule has 0 heterocycles. The van der Waals surface area contributed by atoms with Gasteiger partial charge in [0, 0.05) is 0 Å². The molecule has 0 aliphatic heterocycles. The Balaban J connectivity index is 3.14. The van der Waals surface area contributed by atoms with Crippen LogP contribution in [-0.2, 0) is 0 Å². The summed E-state index contributed by atoms with van der Waals surface area (Å²) in [6.07, 6.45) is 20.0. The maximum Gasteiger partial charge on any atom is -0.0443 e. The molecule has 20 heavy (non-hydrogen) atoms. The summed E-state index contributed by atoms with van der Waals surface area (Å²) in [4.78, 5) is 0. The van der Waals surface area contributed by atoms with E-state index in [4.69, 9.17) is 0 Å². The highest BCUT2D eigenvalue weighted by atomic mass is 14.1. The van der Waals surface area contributed by atoms with E-state index in [1.807, 2.05) is 0 Å². The van der Waals surface area contributed by atoms with Crippen molar-refractivity contribution >= 4 is 0 Å². The third-order valence-electron chi connectivity index (χ3n) is 4.44. The van der Waals surface area contributed by atoms with Gasteiger partial charge in [0.15, 0.2) is 0 Å². The van der Waals surface area contributed by atoms with Crippen LogP contribution in [0.25, 0.3) is 0 Å². The van der Waals surface area contributed by atoms with Gasteiger partial charge in [-0.3, -0.25) is 0 Å². The van der Waals surface area contributed by atoms with Crippen molar-refractivity contribution in [1.82, 2.24) is 0 Å². The second-order valence-electron chi connectivity index (χ2n) is 7.11. The maximum atomic E-state index is 4.05. The lowest BCUT2D eigenvalue weighted by Gasteiger charge is -2.11. The van der Waals surface area contributed by atoms with Gasteiger partial charge in [-0.25, -0.2) is 0 Å². The monoisotopic (exact) mass is 281 g/mol. The van der Waals surface area contributed by atoms with Gasteiger partial charge >= 0.3 is 0 Å². The lowest BCUT2D eigenvalue weighted by Crippen LogP contribution is -1.95. The Kier molecular flexibility index (Phi) is 15.4. The minimum absolute atomic E-state index is 0.645. The molecule has 0 saturated carbocycles. The van der Waals surface area contributed by atoms with Crippen LogP contribution < -0.4 is 0 Å². The van der Waals surface area contributed by atoms with Crippen molar-refractivity contribution in [1.29, 1.82) is 0 Å². The molecule has 2 atom stereocenters. The van der Waals surface area contributed by atoms with Crippen molar-refractivity contribution in [3.05, 3.63) is 6.92 Å². The van der Waals surface area contributed by atoms with Crippen LogP contribution in [0.5, 0.6) is 0 Å². The smallest absolute Gasteiger partial charge is 0.0443 e. The first-order valence-electron chi connectivity index (χ1n) is 9.49. The largest absolute Gasteiger partial charge is 0.0654 e. The molecule has 121 valence electrons. The van der Waals surface area contributed by atoms with Gasteiger partial charge in [0.25, 0.3) is 0 Å². The molecular formula is C20H41. The van der Waals surface area contributed by atoms with Crippen LogP contribution >= 0.6 is 0 Å². The molecule has 0 fully saturated rings. The average molecular weight is 282 g/mol. The summed E-state index contributed by atoms with van der Waals surface area (Å²) < 4.78 is 0. The van der Waals surface area contributed by atoms with Crippen molar-refractivity contribution in [2.75, 3.05) is 0 Å². The van der Waals surface area contributed by atoms with Crippen LogP contribution in [0.4, 0.5) is 0 Å². The lowest BCUT2D eigenvalue weighted by atomic mass is 9.95. The first-order valence-corrected chi connectivity index (χ1v) is 9.49. The van der Waals surface area contributed by atoms with E-state index >= 15 is 0 Å². The van der Waals surface area contributed by atoms with Gasteiger partial charge in [-0.05, 0) is 11.8 Å². The maximum absolute atomic E-state index is 4.05. The molecule has 0 aromatic heterocycles. The summed E-state index contributed by atoms with van der Waals surface area (Å²) in [5.41, 5.74) is 0. The van der Waals surface area contributed by atoms with Gasteiger partial charge in [0.05, 0.1) is 0 Å². The third kappa shape index (κ3) is 16.1. The van der Waals surface area contributed by atoms with Crippen molar-refractivity contribution < 1.29 is 0 Å². The normalized spacial score (nSPS) is 13.1. The minimum atomic E-state index is 0.645. The highest BCUT2D eigenvalue weighted by molar-refractivity contribution is 4.57. The molecular weight excluding hydrogens is 240 g/mol. The summed E-state index contributed by atoms with van der Waals surface area (Å²) in [6.45, 7) is 11.0. The highest BCUT2D eigenvalue weighted by Crippen LogP contribution is 2.18. The molecule has 0 saturated heterocycles. The SMILES string of the molecule is [CH2]C(C)CCCCCCC(C)CCCCCCCCC. The fourth-order valence-electron chi connectivity index (χ4n) is 2.93. The van der Waals surface area contributed by atoms with Crippen LogP contribution in [0.3, 0.4) is 0 Å². The average Bonchev–Trinajstić information content (AvgIpc) is 2.41. The minimum Gasteiger partial charge on any atom is -0.0654 e. The molecule has 0 aliphatic carbocycles. The van der Waals surface area contributed by atoms with E-state index in [1.54, 1.807) is 0 Å². The number of unbranched alkanes of at least 4 members (excludes halogenated alkanes) is 9. The Morgan fingerprint density at radius 2 is 1.00 bits per heavy atom. The Bertz CT molecular complexity index is 171. The molecule has 0 amide bonds. The van der Waals surface area contributed by atoms with Gasteiger partial charge in [0.1, 0.15) is 0 Å². The lowest BCUT2D eigenvalue weighted by molar-refractivity contribution is 0.429. The number of hydrogen-bond acceptors (Lipinski definition) is 0. The Morgan fingerprint density at radius 3 is 1.45 bits per heavy atom. The van der Waals surface area contributed by atoms with Crippen molar-refractivity contribution in [3.8, 4) is 0 Å². The zero-order valence-corrected chi connectivity index (χ0v) is 14.8. The fourth-order valence-corrected chi connectivity index (χ4v) is 2.93. The quantitative estimate of drug-likeness (QED) is 0.271. The molecule has 0 bridgehead atoms. The zero-order valence-electron chi connectivity index (χ0n) is 14.8. The molecule has 0 spiro atoms. The topological polar surface area (TPSA) is 0 Å². The zero-order chi connectivity index (χ0) is 15.1. The summed E-state index contributed by atoms with van der Waals surface area (Å²) in [7, 11) is 0. The van der Waals surface area contributed by atoms with Crippen LogP contribution in [0.1, 0.15) is 111 Å². The van der Waals surface area contributed by atoms with Crippen molar-refractivity contribution in [2.24, 2.45) is 11.8 Å². The predicted octanol–water partition coefficient (Wildman–Crippen LogP) is 7.57. The van der Waals surface area contributed by atoms with E-state index in [0.29, 0.717) is 5.92 Å². The van der Waals surface area contributed by atoms with Gasteiger partial charge in [0.2, 0.25) is 0 Å². The molecule has 0 heteroatoms. The molecule has 0 aromatic rings. The first kappa shape index (κ1) is 20.0. The second-order valence-corrected chi connectivity index (χ2v) is 7.11. The van der Waals surface area contributed by atoms with Crippen LogP contribution in [-0.4, -0.2) is 0 Å². The fraction of sp³-hybridized carbons (Fsp3) is 0.950. The molecule has 0 aromatic carbocycles. The van der Waals surface area contributed by atoms with E-state index in [2.05, 4.69) is 27.7 Å². The van der Waals surface area contributed by atoms with Gasteiger partial charge in [-0.15, -0.1) is 0 Å². The third-order valence-corrected chi connectivity index (χ3v) is 4.44. The van der Waals surface area contributed by atoms with Gasteiger partial charge < -0.3 is 0 Å². The van der Waals surface area contributed by atoms with Crippen LogP contribution in [0.15, 0.2) is 0 Å². The molecule has 0 aliphatic rings. The van der Waals surface area contributed by atoms with E-state index in [-0.39, 0.29) is 0 Å². The van der Waals surface area contributed by atoms with E-state index in [9.17, 15) is 0 Å². The molecule has 0 N–H and O–H groups in total. The summed E-state index contributed by atoms with van der Waals surface area (Å²) in [5.74, 6) is 1.60. The Hall–Kier alpha value is 0. The van der Waals surface area contributed by atoms with Crippen molar-refractivity contribution in [2.45, 2.75) is 111 Å². The number of rotatable bonds is 15. The summed E-state index contributed by atoms with van der Waals surface area (Å²) >= 11 is 0. The van der Waals surface area contributed by atoms with E-state index < -0.39 is 0 Å². The van der Waals surface area contributed by atoms with E-state index in [1.165, 1.54) is 89.9 Å². The predicted molar refractivity (Wildman–Crippen MR) is 94.0 cm³/mol. The van der Waals surface area contributed by atoms with Crippen LogP contribution in [0, 0.1) is 18.8 Å². The van der Waals surface area contributed by atoms with E-state index in [0.717, 1.165) is 5.92 Å². The molecule has 2 unspecified atom stereocenters. The summed E-state index contributed by atoms with van der Waals surface area (Å²) in [6, 6.07) is 0. The molecule has 0 rings (SSSR count). The van der Waals surface area contributed by atoms with Crippen molar-refractivity contribution in [3.63, 3.8) is 0 Å². The molecule has 1 radical (unpaired) electrons. The Morgan fingerprint density at radius 1 is 0.600 bits per heavy atom. The van der Waals surface area contributed by atoms with Gasteiger partial charge in [-0.2, -0.15) is 0 Å². The van der Waals surface area contributed by atoms with Gasteiger partial charge in [-0.1, -0.05) is 118 Å². The summed E-state index contributed by atoms with van der Waals surface area (Å²) in [5, 5.41) is 0. The first-order chi connectivity index (χ1) is 9.66. The number of hydrogen-bond donors (Lipinski definition) is 0. The molecule has 0 nitrogen and oxygen atoms in total. The standard InChI is InChI=1S/C20H41/c1-5-6-7-8-9-10-14-17-20(4)18-15-12-11-13-16-19(2)3/h19-20H,2,5-18H2,1,3-4H3.